The Kier molecular flexibility index (Phi) is 5.95. The molecule has 0 fully saturated rings. The van der Waals surface area contributed by atoms with E-state index in [1.165, 1.54) is 5.56 Å². The van der Waals surface area contributed by atoms with E-state index in [1.807, 2.05) is 24.3 Å². The van der Waals surface area contributed by atoms with Gasteiger partial charge in [-0.15, -0.1) is 0 Å². The van der Waals surface area contributed by atoms with Crippen molar-refractivity contribution in [3.63, 3.8) is 0 Å². The average molecular weight is 326 g/mol. The van der Waals surface area contributed by atoms with Crippen LogP contribution >= 0.6 is 0 Å². The molecule has 126 valence electrons. The van der Waals surface area contributed by atoms with E-state index in [9.17, 15) is 9.59 Å². The van der Waals surface area contributed by atoms with E-state index in [1.54, 1.807) is 24.3 Å². The van der Waals surface area contributed by atoms with Crippen LogP contribution in [0.4, 0.5) is 5.69 Å². The molecule has 2 rings (SSSR count). The van der Waals surface area contributed by atoms with E-state index in [4.69, 9.17) is 10.5 Å². The van der Waals surface area contributed by atoms with Crippen LogP contribution in [-0.4, -0.2) is 18.4 Å². The van der Waals surface area contributed by atoms with Crippen LogP contribution in [-0.2, 0) is 4.79 Å². The van der Waals surface area contributed by atoms with Crippen molar-refractivity contribution in [2.24, 2.45) is 5.73 Å². The van der Waals surface area contributed by atoms with Gasteiger partial charge in [0.1, 0.15) is 5.75 Å². The number of carbonyl (C=O) groups is 2. The first-order valence-corrected chi connectivity index (χ1v) is 7.92. The van der Waals surface area contributed by atoms with Crippen molar-refractivity contribution in [2.75, 3.05) is 11.9 Å². The summed E-state index contributed by atoms with van der Waals surface area (Å²) in [7, 11) is 0. The van der Waals surface area contributed by atoms with E-state index >= 15 is 0 Å². The van der Waals surface area contributed by atoms with E-state index in [0.717, 1.165) is 6.42 Å². The van der Waals surface area contributed by atoms with Crippen molar-refractivity contribution in [2.45, 2.75) is 26.2 Å². The molecular weight excluding hydrogens is 304 g/mol. The van der Waals surface area contributed by atoms with Crippen molar-refractivity contribution in [3.8, 4) is 5.75 Å². The Morgan fingerprint density at radius 2 is 1.71 bits per heavy atom. The van der Waals surface area contributed by atoms with Gasteiger partial charge in [-0.3, -0.25) is 9.59 Å². The summed E-state index contributed by atoms with van der Waals surface area (Å²) in [6, 6.07) is 14.2. The Bertz CT molecular complexity index is 694. The quantitative estimate of drug-likeness (QED) is 0.819. The Hall–Kier alpha value is -2.82. The molecular formula is C19H22N2O3. The van der Waals surface area contributed by atoms with Gasteiger partial charge in [0.15, 0.2) is 6.61 Å². The lowest BCUT2D eigenvalue weighted by Crippen LogP contribution is -2.20. The number of nitrogens with two attached hydrogens (primary N) is 1. The molecule has 0 heterocycles. The van der Waals surface area contributed by atoms with Gasteiger partial charge in [0.05, 0.1) is 0 Å². The monoisotopic (exact) mass is 326 g/mol. The van der Waals surface area contributed by atoms with Gasteiger partial charge in [0, 0.05) is 11.3 Å². The van der Waals surface area contributed by atoms with Crippen LogP contribution in [0.25, 0.3) is 0 Å². The van der Waals surface area contributed by atoms with E-state index in [-0.39, 0.29) is 12.5 Å². The molecule has 1 atom stereocenters. The minimum Gasteiger partial charge on any atom is -0.484 e. The van der Waals surface area contributed by atoms with Gasteiger partial charge >= 0.3 is 0 Å². The maximum atomic E-state index is 11.9. The Labute approximate surface area is 141 Å². The highest BCUT2D eigenvalue weighted by Crippen LogP contribution is 2.21. The molecule has 0 saturated heterocycles. The van der Waals surface area contributed by atoms with Gasteiger partial charge in [-0.25, -0.2) is 0 Å². The van der Waals surface area contributed by atoms with E-state index < -0.39 is 5.91 Å². The van der Waals surface area contributed by atoms with Gasteiger partial charge < -0.3 is 15.8 Å². The molecule has 24 heavy (non-hydrogen) atoms. The second kappa shape index (κ2) is 8.15. The highest BCUT2D eigenvalue weighted by atomic mass is 16.5. The van der Waals surface area contributed by atoms with Crippen LogP contribution in [0.5, 0.6) is 5.75 Å². The molecule has 5 nitrogen and oxygen atoms in total. The molecule has 2 aromatic carbocycles. The predicted octanol–water partition coefficient (Wildman–Crippen LogP) is 3.32. The van der Waals surface area contributed by atoms with Crippen LogP contribution in [0.1, 0.15) is 42.1 Å². The molecule has 2 aromatic rings. The summed E-state index contributed by atoms with van der Waals surface area (Å²) in [6.07, 6.45) is 1.08. The lowest BCUT2D eigenvalue weighted by molar-refractivity contribution is -0.118. The first-order valence-electron chi connectivity index (χ1n) is 7.92. The number of nitrogens with one attached hydrogen (secondary N) is 1. The van der Waals surface area contributed by atoms with Crippen LogP contribution in [0, 0.1) is 0 Å². The van der Waals surface area contributed by atoms with Crippen LogP contribution in [0.3, 0.4) is 0 Å². The van der Waals surface area contributed by atoms with Crippen molar-refractivity contribution in [1.82, 2.24) is 0 Å². The number of ether oxygens (including phenoxy) is 1. The first kappa shape index (κ1) is 17.5. The lowest BCUT2D eigenvalue weighted by Gasteiger charge is -2.11. The number of anilines is 1. The topological polar surface area (TPSA) is 81.4 Å². The van der Waals surface area contributed by atoms with Crippen LogP contribution in [0.2, 0.25) is 0 Å². The molecule has 0 spiro atoms. The third kappa shape index (κ3) is 4.84. The summed E-state index contributed by atoms with van der Waals surface area (Å²) in [5.41, 5.74) is 7.40. The van der Waals surface area contributed by atoms with Crippen LogP contribution in [0.15, 0.2) is 48.5 Å². The molecule has 2 amide bonds. The highest BCUT2D eigenvalue weighted by molar-refractivity contribution is 5.95. The van der Waals surface area contributed by atoms with Gasteiger partial charge in [-0.1, -0.05) is 26.0 Å². The van der Waals surface area contributed by atoms with E-state index in [2.05, 4.69) is 19.2 Å². The molecule has 5 heteroatoms. The third-order valence-corrected chi connectivity index (χ3v) is 3.88. The predicted molar refractivity (Wildman–Crippen MR) is 94.2 cm³/mol. The SMILES string of the molecule is CCC(C)c1ccc(OCC(=O)Nc2ccc(C(N)=O)cc2)cc1. The summed E-state index contributed by atoms with van der Waals surface area (Å²) < 4.78 is 5.48. The Balaban J connectivity index is 1.85. The smallest absolute Gasteiger partial charge is 0.262 e. The standard InChI is InChI=1S/C19H22N2O3/c1-3-13(2)14-6-10-17(11-7-14)24-12-18(22)21-16-8-4-15(5-9-16)19(20)23/h4-11,13H,3,12H2,1-2H3,(H2,20,23)(H,21,22). The molecule has 0 bridgehead atoms. The maximum absolute atomic E-state index is 11.9. The number of amides is 2. The third-order valence-electron chi connectivity index (χ3n) is 3.88. The molecule has 1 unspecified atom stereocenters. The van der Waals surface area contributed by atoms with Crippen molar-refractivity contribution >= 4 is 17.5 Å². The zero-order valence-electron chi connectivity index (χ0n) is 13.9. The second-order valence-electron chi connectivity index (χ2n) is 5.66. The zero-order chi connectivity index (χ0) is 17.5. The fourth-order valence-electron chi connectivity index (χ4n) is 2.19. The number of carbonyl (C=O) groups excluding carboxylic acids is 2. The van der Waals surface area contributed by atoms with Crippen molar-refractivity contribution in [1.29, 1.82) is 0 Å². The van der Waals surface area contributed by atoms with Gasteiger partial charge in [-0.05, 0) is 54.3 Å². The summed E-state index contributed by atoms with van der Waals surface area (Å²) in [6.45, 7) is 4.24. The Morgan fingerprint density at radius 3 is 2.25 bits per heavy atom. The maximum Gasteiger partial charge on any atom is 0.262 e. The number of hydrogen-bond donors (Lipinski definition) is 2. The zero-order valence-corrected chi connectivity index (χ0v) is 13.9. The molecule has 0 aliphatic carbocycles. The summed E-state index contributed by atoms with van der Waals surface area (Å²) in [5.74, 6) is 0.386. The number of primary amides is 1. The van der Waals surface area contributed by atoms with Crippen molar-refractivity contribution in [3.05, 3.63) is 59.7 Å². The summed E-state index contributed by atoms with van der Waals surface area (Å²) in [4.78, 5) is 22.9. The normalized spacial score (nSPS) is 11.6. The number of rotatable bonds is 7. The fraction of sp³-hybridized carbons (Fsp3) is 0.263. The van der Waals surface area contributed by atoms with Gasteiger partial charge in [-0.2, -0.15) is 0 Å². The van der Waals surface area contributed by atoms with Gasteiger partial charge in [0.2, 0.25) is 5.91 Å². The average Bonchev–Trinajstić information content (AvgIpc) is 2.60. The minimum atomic E-state index is -0.503. The molecule has 0 saturated carbocycles. The largest absolute Gasteiger partial charge is 0.484 e. The molecule has 0 aromatic heterocycles. The highest BCUT2D eigenvalue weighted by Gasteiger charge is 2.06. The van der Waals surface area contributed by atoms with E-state index in [0.29, 0.717) is 22.9 Å². The first-order chi connectivity index (χ1) is 11.5. The molecule has 0 radical (unpaired) electrons. The Morgan fingerprint density at radius 1 is 1.08 bits per heavy atom. The molecule has 0 aliphatic rings. The minimum absolute atomic E-state index is 0.0831. The van der Waals surface area contributed by atoms with Crippen LogP contribution < -0.4 is 15.8 Å². The van der Waals surface area contributed by atoms with Gasteiger partial charge in [0.25, 0.3) is 5.91 Å². The lowest BCUT2D eigenvalue weighted by atomic mass is 9.99. The fourth-order valence-corrected chi connectivity index (χ4v) is 2.19. The number of hydrogen-bond acceptors (Lipinski definition) is 3. The molecule has 0 aliphatic heterocycles. The van der Waals surface area contributed by atoms with Crippen molar-refractivity contribution < 1.29 is 14.3 Å². The summed E-state index contributed by atoms with van der Waals surface area (Å²) >= 11 is 0. The molecule has 3 N–H and O–H groups in total. The number of benzene rings is 2. The second-order valence-corrected chi connectivity index (χ2v) is 5.66. The summed E-state index contributed by atoms with van der Waals surface area (Å²) in [5, 5.41) is 2.70.